The normalized spacial score (nSPS) is 11.7. The Morgan fingerprint density at radius 2 is 1.59 bits per heavy atom. The number of nitrogens with zero attached hydrogens (tertiary/aromatic N) is 1. The van der Waals surface area contributed by atoms with Crippen molar-refractivity contribution in [2.75, 3.05) is 18.5 Å². The molecule has 2 N–H and O–H groups in total. The van der Waals surface area contributed by atoms with Crippen molar-refractivity contribution in [1.82, 2.24) is 0 Å². The van der Waals surface area contributed by atoms with Crippen molar-refractivity contribution in [2.24, 2.45) is 5.41 Å². The summed E-state index contributed by atoms with van der Waals surface area (Å²) >= 11 is 0. The number of phenols is 1. The Morgan fingerprint density at radius 3 is 2.27 bits per heavy atom. The fourth-order valence-electron chi connectivity index (χ4n) is 5.22. The first-order valence-electron chi connectivity index (χ1n) is 13.5. The summed E-state index contributed by atoms with van der Waals surface area (Å²) in [5.41, 5.74) is 1.42. The molecule has 0 saturated carbocycles. The van der Waals surface area contributed by atoms with Gasteiger partial charge in [-0.05, 0) is 52.5 Å². The monoisotopic (exact) mass is 556 g/mol. The van der Waals surface area contributed by atoms with E-state index in [4.69, 9.17) is 9.47 Å². The maximum Gasteiger partial charge on any atom is 0.271 e. The van der Waals surface area contributed by atoms with E-state index in [1.807, 2.05) is 24.3 Å². The first kappa shape index (κ1) is 29.4. The van der Waals surface area contributed by atoms with Crippen LogP contribution in [-0.4, -0.2) is 29.2 Å². The van der Waals surface area contributed by atoms with Gasteiger partial charge in [0.05, 0.1) is 16.2 Å². The number of amides is 1. The largest absolute Gasteiger partial charge is 0.506 e. The van der Waals surface area contributed by atoms with Crippen LogP contribution in [-0.2, 0) is 5.41 Å². The highest BCUT2D eigenvalue weighted by Crippen LogP contribution is 2.37. The smallest absolute Gasteiger partial charge is 0.271 e. The van der Waals surface area contributed by atoms with Gasteiger partial charge in [-0.1, -0.05) is 77.1 Å². The first-order chi connectivity index (χ1) is 19.3. The van der Waals surface area contributed by atoms with Gasteiger partial charge in [0.15, 0.2) is 0 Å². The van der Waals surface area contributed by atoms with Crippen molar-refractivity contribution in [3.8, 4) is 17.2 Å². The van der Waals surface area contributed by atoms with Crippen molar-refractivity contribution in [2.45, 2.75) is 46.5 Å². The number of nitro benzene ring substituents is 1. The van der Waals surface area contributed by atoms with Crippen LogP contribution >= 0.6 is 0 Å². The van der Waals surface area contributed by atoms with Crippen LogP contribution in [0.3, 0.4) is 0 Å². The molecule has 1 amide bonds. The number of carbonyl (C=O) groups is 1. The Balaban J connectivity index is 1.42. The second kappa shape index (κ2) is 11.9. The Hall–Kier alpha value is -4.59. The number of phenolic OH excluding ortho intramolecular Hbond substituents is 1. The number of carbonyl (C=O) groups excluding carboxylic acids is 1. The quantitative estimate of drug-likeness (QED) is 0.117. The lowest BCUT2D eigenvalue weighted by molar-refractivity contribution is -0.384. The molecule has 0 aromatic heterocycles. The summed E-state index contributed by atoms with van der Waals surface area (Å²) in [7, 11) is 0. The maximum absolute atomic E-state index is 13.1. The fraction of sp³-hybridized carbons (Fsp3) is 0.303. The molecule has 0 fully saturated rings. The van der Waals surface area contributed by atoms with E-state index < -0.39 is 10.8 Å². The van der Waals surface area contributed by atoms with Crippen molar-refractivity contribution >= 4 is 28.1 Å². The van der Waals surface area contributed by atoms with Gasteiger partial charge < -0.3 is 19.9 Å². The molecular weight excluding hydrogens is 520 g/mol. The van der Waals surface area contributed by atoms with E-state index >= 15 is 0 Å². The zero-order chi connectivity index (χ0) is 29.8. The molecule has 4 aromatic carbocycles. The number of non-ortho nitro benzene ring substituents is 1. The number of nitro groups is 1. The van der Waals surface area contributed by atoms with E-state index in [1.165, 1.54) is 29.8 Å². The number of hydrogen-bond acceptors (Lipinski definition) is 6. The van der Waals surface area contributed by atoms with Crippen LogP contribution < -0.4 is 14.8 Å². The molecule has 0 aliphatic heterocycles. The Bertz CT molecular complexity index is 1550. The number of rotatable bonds is 10. The van der Waals surface area contributed by atoms with Crippen LogP contribution in [0.4, 0.5) is 11.4 Å². The molecule has 0 atom stereocenters. The Morgan fingerprint density at radius 1 is 0.902 bits per heavy atom. The third-order valence-corrected chi connectivity index (χ3v) is 6.79. The highest BCUT2D eigenvalue weighted by molar-refractivity contribution is 6.10. The molecule has 8 nitrogen and oxygen atoms in total. The van der Waals surface area contributed by atoms with E-state index in [2.05, 4.69) is 52.1 Å². The van der Waals surface area contributed by atoms with Gasteiger partial charge in [-0.15, -0.1) is 0 Å². The molecule has 0 aliphatic carbocycles. The van der Waals surface area contributed by atoms with E-state index in [1.54, 1.807) is 18.2 Å². The molecule has 0 spiro atoms. The minimum atomic E-state index is -0.621. The molecule has 0 heterocycles. The molecule has 4 rings (SSSR count). The lowest BCUT2D eigenvalue weighted by atomic mass is 9.72. The predicted octanol–water partition coefficient (Wildman–Crippen LogP) is 7.88. The highest BCUT2D eigenvalue weighted by atomic mass is 16.6. The number of fused-ring (bicyclic) bond motifs is 1. The van der Waals surface area contributed by atoms with Crippen molar-refractivity contribution < 1.29 is 24.3 Å². The first-order valence-corrected chi connectivity index (χ1v) is 13.5. The van der Waals surface area contributed by atoms with Crippen LogP contribution in [0.25, 0.3) is 10.8 Å². The summed E-state index contributed by atoms with van der Waals surface area (Å²) in [4.78, 5) is 23.9. The lowest BCUT2D eigenvalue weighted by Crippen LogP contribution is -2.24. The molecule has 0 aliphatic rings. The van der Waals surface area contributed by atoms with Crippen LogP contribution in [0.15, 0.2) is 78.9 Å². The van der Waals surface area contributed by atoms with Crippen LogP contribution in [0.5, 0.6) is 17.2 Å². The molecular formula is C33H36N2O6. The van der Waals surface area contributed by atoms with Crippen LogP contribution in [0.2, 0.25) is 0 Å². The van der Waals surface area contributed by atoms with Gasteiger partial charge in [0, 0.05) is 17.5 Å². The van der Waals surface area contributed by atoms with Gasteiger partial charge in [0.1, 0.15) is 30.5 Å². The Kier molecular flexibility index (Phi) is 8.52. The van der Waals surface area contributed by atoms with Crippen LogP contribution in [0.1, 0.15) is 57.0 Å². The van der Waals surface area contributed by atoms with E-state index in [0.717, 1.165) is 11.8 Å². The molecule has 8 heteroatoms. The third kappa shape index (κ3) is 7.33. The predicted molar refractivity (Wildman–Crippen MR) is 161 cm³/mol. The lowest BCUT2D eigenvalue weighted by Gasteiger charge is -2.33. The fourth-order valence-corrected chi connectivity index (χ4v) is 5.22. The average molecular weight is 557 g/mol. The van der Waals surface area contributed by atoms with E-state index in [0.29, 0.717) is 11.1 Å². The maximum atomic E-state index is 13.1. The van der Waals surface area contributed by atoms with Gasteiger partial charge in [-0.3, -0.25) is 14.9 Å². The summed E-state index contributed by atoms with van der Waals surface area (Å²) in [6, 6.07) is 22.4. The SMILES string of the molecule is CC(C)(C)CC(C)(C)c1ccc(OCCOc2ccc([N+](=O)[O-])cc2NC(=O)c2ccc3ccccc3c2O)cc1. The molecule has 0 saturated heterocycles. The summed E-state index contributed by atoms with van der Waals surface area (Å²) in [5, 5.41) is 26.0. The van der Waals surface area contributed by atoms with E-state index in [9.17, 15) is 20.0 Å². The zero-order valence-corrected chi connectivity index (χ0v) is 24.1. The minimum absolute atomic E-state index is 0.0281. The molecule has 0 radical (unpaired) electrons. The number of benzene rings is 4. The number of ether oxygens (including phenoxy) is 2. The zero-order valence-electron chi connectivity index (χ0n) is 24.1. The molecule has 41 heavy (non-hydrogen) atoms. The van der Waals surface area contributed by atoms with Crippen molar-refractivity contribution in [3.05, 3.63) is 100 Å². The van der Waals surface area contributed by atoms with Crippen LogP contribution in [0, 0.1) is 15.5 Å². The molecule has 4 aromatic rings. The standard InChI is InChI=1S/C33H36N2O6/c1-32(2,3)21-33(4,5)23-11-14-25(15-12-23)40-18-19-41-29-17-13-24(35(38)39)20-28(29)34-31(37)27-16-10-22-8-6-7-9-26(22)30(27)36/h6-17,20,36H,18-19,21H2,1-5H3,(H,34,37). The summed E-state index contributed by atoms with van der Waals surface area (Å²) in [6.07, 6.45) is 1.04. The molecule has 0 bridgehead atoms. The van der Waals surface area contributed by atoms with Gasteiger partial charge in [0.2, 0.25) is 0 Å². The van der Waals surface area contributed by atoms with Gasteiger partial charge in [0.25, 0.3) is 11.6 Å². The van der Waals surface area contributed by atoms with Gasteiger partial charge in [-0.25, -0.2) is 0 Å². The number of anilines is 1. The highest BCUT2D eigenvalue weighted by Gasteiger charge is 2.27. The summed E-state index contributed by atoms with van der Waals surface area (Å²) < 4.78 is 11.7. The second-order valence-corrected chi connectivity index (χ2v) is 11.9. The van der Waals surface area contributed by atoms with Gasteiger partial charge >= 0.3 is 0 Å². The summed E-state index contributed by atoms with van der Waals surface area (Å²) in [6.45, 7) is 11.6. The average Bonchev–Trinajstić information content (AvgIpc) is 2.91. The molecule has 0 unspecified atom stereocenters. The number of nitrogens with one attached hydrogen (secondary N) is 1. The third-order valence-electron chi connectivity index (χ3n) is 6.79. The number of aromatic hydroxyl groups is 1. The summed E-state index contributed by atoms with van der Waals surface area (Å²) in [5.74, 6) is 0.152. The second-order valence-electron chi connectivity index (χ2n) is 11.9. The van der Waals surface area contributed by atoms with Gasteiger partial charge in [-0.2, -0.15) is 0 Å². The van der Waals surface area contributed by atoms with Crippen molar-refractivity contribution in [1.29, 1.82) is 0 Å². The van der Waals surface area contributed by atoms with Crippen molar-refractivity contribution in [3.63, 3.8) is 0 Å². The number of hydrogen-bond donors (Lipinski definition) is 2. The topological polar surface area (TPSA) is 111 Å². The minimum Gasteiger partial charge on any atom is -0.506 e. The van der Waals surface area contributed by atoms with E-state index in [-0.39, 0.29) is 52.5 Å². The molecule has 214 valence electrons. The Labute approximate surface area is 240 Å².